The lowest BCUT2D eigenvalue weighted by atomic mass is 10.2. The van der Waals surface area contributed by atoms with Gasteiger partial charge in [-0.2, -0.15) is 0 Å². The number of aliphatic imine (C=N–C) groups is 1. The summed E-state index contributed by atoms with van der Waals surface area (Å²) in [5, 5.41) is 14.9. The van der Waals surface area contributed by atoms with Crippen molar-refractivity contribution in [3.8, 4) is 5.75 Å². The number of nitro groups is 1. The SMILES string of the molecule is O=C(NC(COc1ccc(Cl)cc1Cl)=Nc1ccc(Cl)cc1)c1cccc([N+](=O)[O-])c1. The summed E-state index contributed by atoms with van der Waals surface area (Å²) in [5.74, 6) is -0.0773. The molecule has 0 spiro atoms. The molecule has 7 nitrogen and oxygen atoms in total. The van der Waals surface area contributed by atoms with E-state index >= 15 is 0 Å². The summed E-state index contributed by atoms with van der Waals surface area (Å²) >= 11 is 17.9. The van der Waals surface area contributed by atoms with Crippen LogP contribution in [0.2, 0.25) is 15.1 Å². The average Bonchev–Trinajstić information content (AvgIpc) is 2.74. The van der Waals surface area contributed by atoms with Crippen LogP contribution in [0.5, 0.6) is 5.75 Å². The smallest absolute Gasteiger partial charge is 0.270 e. The van der Waals surface area contributed by atoms with Crippen LogP contribution in [0.25, 0.3) is 0 Å². The molecule has 0 bridgehead atoms. The molecule has 0 aromatic heterocycles. The van der Waals surface area contributed by atoms with Gasteiger partial charge in [-0.05, 0) is 48.5 Å². The Hall–Kier alpha value is -3.13. The van der Waals surface area contributed by atoms with E-state index in [0.29, 0.717) is 26.5 Å². The van der Waals surface area contributed by atoms with E-state index < -0.39 is 10.8 Å². The molecule has 1 amide bonds. The van der Waals surface area contributed by atoms with Crippen molar-refractivity contribution in [2.75, 3.05) is 6.61 Å². The van der Waals surface area contributed by atoms with Crippen molar-refractivity contribution in [1.29, 1.82) is 0 Å². The molecule has 10 heteroatoms. The zero-order chi connectivity index (χ0) is 22.4. The highest BCUT2D eigenvalue weighted by Gasteiger charge is 2.14. The van der Waals surface area contributed by atoms with Gasteiger partial charge in [0.15, 0.2) is 0 Å². The Morgan fingerprint density at radius 2 is 1.71 bits per heavy atom. The number of carbonyl (C=O) groups excluding carboxylic acids is 1. The summed E-state index contributed by atoms with van der Waals surface area (Å²) in [6, 6.07) is 16.7. The minimum atomic E-state index is -0.581. The first kappa shape index (κ1) is 22.6. The molecule has 0 radical (unpaired) electrons. The van der Waals surface area contributed by atoms with Crippen molar-refractivity contribution < 1.29 is 14.5 Å². The fourth-order valence-corrected chi connectivity index (χ4v) is 3.06. The third-order valence-electron chi connectivity index (χ3n) is 3.93. The Kier molecular flexibility index (Phi) is 7.46. The van der Waals surface area contributed by atoms with Gasteiger partial charge >= 0.3 is 0 Å². The van der Waals surface area contributed by atoms with E-state index in [4.69, 9.17) is 39.5 Å². The minimum Gasteiger partial charge on any atom is -0.484 e. The van der Waals surface area contributed by atoms with Gasteiger partial charge in [-0.1, -0.05) is 40.9 Å². The van der Waals surface area contributed by atoms with E-state index in [1.807, 2.05) is 0 Å². The molecule has 0 aliphatic rings. The van der Waals surface area contributed by atoms with Crippen LogP contribution in [0.15, 0.2) is 71.7 Å². The number of nitrogens with zero attached hydrogens (tertiary/aromatic N) is 2. The van der Waals surface area contributed by atoms with Gasteiger partial charge < -0.3 is 10.1 Å². The van der Waals surface area contributed by atoms with E-state index in [0.717, 1.165) is 0 Å². The van der Waals surface area contributed by atoms with Crippen LogP contribution in [0.3, 0.4) is 0 Å². The molecule has 3 aromatic rings. The number of rotatable bonds is 6. The average molecular weight is 479 g/mol. The van der Waals surface area contributed by atoms with E-state index in [2.05, 4.69) is 10.3 Å². The van der Waals surface area contributed by atoms with Crippen LogP contribution >= 0.6 is 34.8 Å². The summed E-state index contributed by atoms with van der Waals surface area (Å²) in [7, 11) is 0. The molecule has 0 fully saturated rings. The number of halogens is 3. The highest BCUT2D eigenvalue weighted by molar-refractivity contribution is 6.35. The summed E-state index contributed by atoms with van der Waals surface area (Å²) in [6.07, 6.45) is 0. The van der Waals surface area contributed by atoms with Crippen LogP contribution in [-0.2, 0) is 0 Å². The monoisotopic (exact) mass is 477 g/mol. The maximum Gasteiger partial charge on any atom is 0.270 e. The van der Waals surface area contributed by atoms with Crippen LogP contribution in [0.4, 0.5) is 11.4 Å². The quantitative estimate of drug-likeness (QED) is 0.201. The molecule has 31 heavy (non-hydrogen) atoms. The van der Waals surface area contributed by atoms with Crippen molar-refractivity contribution in [2.45, 2.75) is 0 Å². The van der Waals surface area contributed by atoms with Gasteiger partial charge in [0.1, 0.15) is 18.2 Å². The van der Waals surface area contributed by atoms with Gasteiger partial charge in [-0.15, -0.1) is 0 Å². The van der Waals surface area contributed by atoms with E-state index in [-0.39, 0.29) is 23.7 Å². The number of hydrogen-bond donors (Lipinski definition) is 1. The number of hydrogen-bond acceptors (Lipinski definition) is 5. The standard InChI is InChI=1S/C21H14Cl3N3O4/c22-14-4-7-16(8-5-14)25-20(12-31-19-9-6-15(23)11-18(19)24)26-21(28)13-2-1-3-17(10-13)27(29)30/h1-11H,12H2,(H,25,26,28). The van der Waals surface area contributed by atoms with Crippen molar-refractivity contribution >= 4 is 57.9 Å². The first-order valence-electron chi connectivity index (χ1n) is 8.78. The molecule has 0 unspecified atom stereocenters. The Balaban J connectivity index is 1.84. The van der Waals surface area contributed by atoms with E-state index in [1.54, 1.807) is 36.4 Å². The Morgan fingerprint density at radius 1 is 1.00 bits per heavy atom. The maximum atomic E-state index is 12.7. The number of amides is 1. The van der Waals surface area contributed by atoms with Crippen molar-refractivity contribution in [1.82, 2.24) is 5.32 Å². The molecule has 0 aliphatic carbocycles. The molecular formula is C21H14Cl3N3O4. The highest BCUT2D eigenvalue weighted by Crippen LogP contribution is 2.27. The van der Waals surface area contributed by atoms with Crippen LogP contribution in [0, 0.1) is 10.1 Å². The number of carbonyl (C=O) groups is 1. The molecule has 0 aliphatic heterocycles. The van der Waals surface area contributed by atoms with Crippen LogP contribution in [-0.4, -0.2) is 23.3 Å². The van der Waals surface area contributed by atoms with Crippen LogP contribution in [0.1, 0.15) is 10.4 Å². The number of benzene rings is 3. The minimum absolute atomic E-state index is 0.0996. The summed E-state index contributed by atoms with van der Waals surface area (Å²) < 4.78 is 5.68. The molecule has 0 saturated carbocycles. The maximum absolute atomic E-state index is 12.7. The largest absolute Gasteiger partial charge is 0.484 e. The lowest BCUT2D eigenvalue weighted by molar-refractivity contribution is -0.384. The fraction of sp³-hybridized carbons (Fsp3) is 0.0476. The van der Waals surface area contributed by atoms with E-state index in [1.165, 1.54) is 30.3 Å². The zero-order valence-corrected chi connectivity index (χ0v) is 18.0. The number of ether oxygens (including phenoxy) is 1. The summed E-state index contributed by atoms with van der Waals surface area (Å²) in [5.41, 5.74) is 0.417. The lowest BCUT2D eigenvalue weighted by Gasteiger charge is -2.12. The predicted octanol–water partition coefficient (Wildman–Crippen LogP) is 6.09. The van der Waals surface area contributed by atoms with Gasteiger partial charge in [0, 0.05) is 27.7 Å². The van der Waals surface area contributed by atoms with Crippen molar-refractivity contribution in [2.24, 2.45) is 4.99 Å². The first-order valence-corrected chi connectivity index (χ1v) is 9.92. The van der Waals surface area contributed by atoms with Crippen LogP contribution < -0.4 is 10.1 Å². The van der Waals surface area contributed by atoms with Gasteiger partial charge in [0.05, 0.1) is 15.6 Å². The molecule has 3 rings (SSSR count). The second-order valence-electron chi connectivity index (χ2n) is 6.16. The third kappa shape index (κ3) is 6.42. The normalized spacial score (nSPS) is 11.1. The van der Waals surface area contributed by atoms with Crippen molar-refractivity contribution in [3.05, 3.63) is 97.5 Å². The number of nitrogens with one attached hydrogen (secondary N) is 1. The molecule has 0 heterocycles. The third-order valence-corrected chi connectivity index (χ3v) is 4.71. The number of amidine groups is 1. The van der Waals surface area contributed by atoms with Gasteiger partial charge in [0.2, 0.25) is 0 Å². The van der Waals surface area contributed by atoms with Gasteiger partial charge in [-0.25, -0.2) is 4.99 Å². The van der Waals surface area contributed by atoms with Crippen molar-refractivity contribution in [3.63, 3.8) is 0 Å². The Labute approximate surface area is 192 Å². The van der Waals surface area contributed by atoms with E-state index in [9.17, 15) is 14.9 Å². The highest BCUT2D eigenvalue weighted by atomic mass is 35.5. The molecule has 0 saturated heterocycles. The summed E-state index contributed by atoms with van der Waals surface area (Å²) in [6.45, 7) is -0.134. The second kappa shape index (κ2) is 10.3. The molecule has 158 valence electrons. The lowest BCUT2D eigenvalue weighted by Crippen LogP contribution is -2.34. The topological polar surface area (TPSA) is 93.8 Å². The predicted molar refractivity (Wildman–Crippen MR) is 121 cm³/mol. The molecule has 1 N–H and O–H groups in total. The van der Waals surface area contributed by atoms with Gasteiger partial charge in [-0.3, -0.25) is 14.9 Å². The second-order valence-corrected chi connectivity index (χ2v) is 7.44. The summed E-state index contributed by atoms with van der Waals surface area (Å²) in [4.78, 5) is 27.4. The number of nitro benzene ring substituents is 1. The first-order chi connectivity index (χ1) is 14.8. The fourth-order valence-electron chi connectivity index (χ4n) is 2.47. The number of non-ortho nitro benzene ring substituents is 1. The molecule has 3 aromatic carbocycles. The zero-order valence-electron chi connectivity index (χ0n) is 15.7. The molecular weight excluding hydrogens is 465 g/mol. The van der Waals surface area contributed by atoms with Gasteiger partial charge in [0.25, 0.3) is 11.6 Å². The Morgan fingerprint density at radius 3 is 2.39 bits per heavy atom. The Bertz CT molecular complexity index is 1150. The molecule has 0 atom stereocenters.